The predicted octanol–water partition coefficient (Wildman–Crippen LogP) is 1.07. The van der Waals surface area contributed by atoms with Crippen molar-refractivity contribution in [1.29, 1.82) is 0 Å². The first-order valence-electron chi connectivity index (χ1n) is 5.60. The summed E-state index contributed by atoms with van der Waals surface area (Å²) < 4.78 is 13.3. The Bertz CT molecular complexity index is 486. The van der Waals surface area contributed by atoms with Gasteiger partial charge in [-0.2, -0.15) is 0 Å². The molecule has 1 heterocycles. The van der Waals surface area contributed by atoms with Crippen LogP contribution in [0.3, 0.4) is 0 Å². The summed E-state index contributed by atoms with van der Waals surface area (Å²) in [6.07, 6.45) is 0.308. The number of rotatable bonds is 4. The number of benzene rings is 1. The number of carboxylic acids is 1. The van der Waals surface area contributed by atoms with Gasteiger partial charge < -0.3 is 15.7 Å². The molecule has 0 aliphatic carbocycles. The number of halogens is 1. The van der Waals surface area contributed by atoms with E-state index in [9.17, 15) is 14.0 Å². The Morgan fingerprint density at radius 3 is 2.72 bits per heavy atom. The lowest BCUT2D eigenvalue weighted by atomic mass is 9.99. The Morgan fingerprint density at radius 1 is 1.44 bits per heavy atom. The monoisotopic (exact) mass is 252 g/mol. The lowest BCUT2D eigenvalue weighted by Crippen LogP contribution is -2.43. The van der Waals surface area contributed by atoms with Crippen LogP contribution in [0.25, 0.3) is 0 Å². The first-order valence-corrected chi connectivity index (χ1v) is 5.60. The second kappa shape index (κ2) is 5.14. The quantitative estimate of drug-likeness (QED) is 0.749. The van der Waals surface area contributed by atoms with Crippen molar-refractivity contribution in [3.05, 3.63) is 29.6 Å². The molecule has 0 radical (unpaired) electrons. The van der Waals surface area contributed by atoms with Crippen molar-refractivity contribution in [2.45, 2.75) is 6.42 Å². The highest BCUT2D eigenvalue weighted by Gasteiger charge is 2.22. The highest BCUT2D eigenvalue weighted by molar-refractivity contribution is 6.00. The van der Waals surface area contributed by atoms with Crippen LogP contribution in [0.4, 0.5) is 10.1 Å². The van der Waals surface area contributed by atoms with E-state index in [1.807, 2.05) is 0 Å². The van der Waals surface area contributed by atoms with Crippen LogP contribution in [0.2, 0.25) is 0 Å². The van der Waals surface area contributed by atoms with E-state index in [2.05, 4.69) is 10.6 Å². The van der Waals surface area contributed by atoms with Gasteiger partial charge in [0.25, 0.3) is 0 Å². The third-order valence-electron chi connectivity index (χ3n) is 2.84. The van der Waals surface area contributed by atoms with Gasteiger partial charge in [0.2, 0.25) is 5.91 Å². The summed E-state index contributed by atoms with van der Waals surface area (Å²) >= 11 is 0. The highest BCUT2D eigenvalue weighted by Crippen LogP contribution is 2.20. The normalized spacial score (nSPS) is 14.9. The van der Waals surface area contributed by atoms with Crippen LogP contribution in [-0.4, -0.2) is 30.1 Å². The molecular weight excluding hydrogens is 239 g/mol. The second-order valence-corrected chi connectivity index (χ2v) is 4.24. The van der Waals surface area contributed by atoms with Crippen molar-refractivity contribution in [1.82, 2.24) is 5.32 Å². The first-order chi connectivity index (χ1) is 8.58. The maximum Gasteiger partial charge on any atom is 0.340 e. The van der Waals surface area contributed by atoms with Crippen LogP contribution in [0.15, 0.2) is 18.2 Å². The van der Waals surface area contributed by atoms with Gasteiger partial charge in [-0.15, -0.1) is 0 Å². The molecule has 1 saturated heterocycles. The Morgan fingerprint density at radius 2 is 2.17 bits per heavy atom. The number of nitrogens with one attached hydrogen (secondary N) is 2. The topological polar surface area (TPSA) is 78.4 Å². The third kappa shape index (κ3) is 2.65. The lowest BCUT2D eigenvalue weighted by molar-refractivity contribution is -0.117. The molecule has 2 rings (SSSR count). The van der Waals surface area contributed by atoms with E-state index in [0.717, 1.165) is 19.2 Å². The number of hydrogen-bond acceptors (Lipinski definition) is 3. The van der Waals surface area contributed by atoms with Gasteiger partial charge in [0, 0.05) is 6.42 Å². The van der Waals surface area contributed by atoms with Crippen molar-refractivity contribution in [2.24, 2.45) is 5.92 Å². The molecule has 0 atom stereocenters. The maximum absolute atomic E-state index is 13.3. The number of carboxylic acid groups (broad SMARTS) is 1. The van der Waals surface area contributed by atoms with E-state index in [-0.39, 0.29) is 17.5 Å². The fourth-order valence-electron chi connectivity index (χ4n) is 1.80. The van der Waals surface area contributed by atoms with Crippen LogP contribution < -0.4 is 10.6 Å². The molecule has 0 aromatic heterocycles. The average Bonchev–Trinajstić information content (AvgIpc) is 2.23. The van der Waals surface area contributed by atoms with E-state index in [1.165, 1.54) is 12.1 Å². The second-order valence-electron chi connectivity index (χ2n) is 4.24. The minimum atomic E-state index is -1.39. The van der Waals surface area contributed by atoms with Crippen LogP contribution in [0.5, 0.6) is 0 Å². The largest absolute Gasteiger partial charge is 0.478 e. The zero-order chi connectivity index (χ0) is 13.1. The zero-order valence-electron chi connectivity index (χ0n) is 9.57. The molecule has 6 heteroatoms. The molecule has 0 bridgehead atoms. The van der Waals surface area contributed by atoms with E-state index < -0.39 is 17.3 Å². The summed E-state index contributed by atoms with van der Waals surface area (Å²) in [6.45, 7) is 1.56. The smallest absolute Gasteiger partial charge is 0.340 e. The van der Waals surface area contributed by atoms with Gasteiger partial charge in [-0.05, 0) is 31.1 Å². The minimum Gasteiger partial charge on any atom is -0.478 e. The summed E-state index contributed by atoms with van der Waals surface area (Å²) in [5, 5.41) is 14.4. The molecule has 1 aromatic rings. The average molecular weight is 252 g/mol. The van der Waals surface area contributed by atoms with E-state index in [4.69, 9.17) is 5.11 Å². The molecule has 3 N–H and O–H groups in total. The van der Waals surface area contributed by atoms with Crippen molar-refractivity contribution >= 4 is 17.6 Å². The molecule has 96 valence electrons. The van der Waals surface area contributed by atoms with Crippen molar-refractivity contribution in [3.8, 4) is 0 Å². The number of carbonyl (C=O) groups excluding carboxylic acids is 1. The molecular formula is C12H13FN2O3. The number of aromatic carboxylic acids is 1. The van der Waals surface area contributed by atoms with E-state index in [1.54, 1.807) is 0 Å². The number of carbonyl (C=O) groups is 2. The van der Waals surface area contributed by atoms with Crippen LogP contribution in [0.1, 0.15) is 16.8 Å². The predicted molar refractivity (Wildman–Crippen MR) is 63.0 cm³/mol. The summed E-state index contributed by atoms with van der Waals surface area (Å²) in [5.74, 6) is -2.28. The number of hydrogen-bond donors (Lipinski definition) is 3. The molecule has 1 amide bonds. The van der Waals surface area contributed by atoms with Gasteiger partial charge in [-0.3, -0.25) is 4.79 Å². The van der Waals surface area contributed by atoms with Crippen molar-refractivity contribution in [2.75, 3.05) is 18.4 Å². The third-order valence-corrected chi connectivity index (χ3v) is 2.84. The number of anilines is 1. The fraction of sp³-hybridized carbons (Fsp3) is 0.333. The van der Waals surface area contributed by atoms with E-state index in [0.29, 0.717) is 6.42 Å². The Balaban J connectivity index is 2.10. The van der Waals surface area contributed by atoms with Crippen molar-refractivity contribution < 1.29 is 19.1 Å². The zero-order valence-corrected chi connectivity index (χ0v) is 9.57. The summed E-state index contributed by atoms with van der Waals surface area (Å²) in [4.78, 5) is 22.6. The van der Waals surface area contributed by atoms with Crippen molar-refractivity contribution in [3.63, 3.8) is 0 Å². The van der Waals surface area contributed by atoms with Gasteiger partial charge in [-0.25, -0.2) is 9.18 Å². The Labute approximate surface area is 103 Å². The van der Waals surface area contributed by atoms with Crippen LogP contribution in [-0.2, 0) is 4.79 Å². The molecule has 1 aromatic carbocycles. The highest BCUT2D eigenvalue weighted by atomic mass is 19.1. The lowest BCUT2D eigenvalue weighted by Gasteiger charge is -2.26. The minimum absolute atomic E-state index is 0.000201. The number of amides is 1. The first kappa shape index (κ1) is 12.5. The van der Waals surface area contributed by atoms with Crippen LogP contribution in [0, 0.1) is 11.7 Å². The Kier molecular flexibility index (Phi) is 3.57. The maximum atomic E-state index is 13.3. The molecule has 1 fully saturated rings. The molecule has 0 unspecified atom stereocenters. The molecule has 1 aliphatic rings. The van der Waals surface area contributed by atoms with Gasteiger partial charge in [0.05, 0.1) is 5.69 Å². The molecule has 0 saturated carbocycles. The molecule has 0 spiro atoms. The molecule has 18 heavy (non-hydrogen) atoms. The molecule has 1 aliphatic heterocycles. The standard InChI is InChI=1S/C12H13FN2O3/c13-8-2-1-3-9(11(8)12(17)18)15-10(16)4-7-5-14-6-7/h1-3,7,14H,4-6H2,(H,15,16)(H,17,18). The van der Waals surface area contributed by atoms with Gasteiger partial charge in [-0.1, -0.05) is 6.07 Å². The summed E-state index contributed by atoms with van der Waals surface area (Å²) in [7, 11) is 0. The summed E-state index contributed by atoms with van der Waals surface area (Å²) in [5.41, 5.74) is -0.502. The fourth-order valence-corrected chi connectivity index (χ4v) is 1.80. The van der Waals surface area contributed by atoms with Gasteiger partial charge >= 0.3 is 5.97 Å². The summed E-state index contributed by atoms with van der Waals surface area (Å²) in [6, 6.07) is 3.79. The Hall–Kier alpha value is -1.95. The molecule has 5 nitrogen and oxygen atoms in total. The van der Waals surface area contributed by atoms with Crippen LogP contribution >= 0.6 is 0 Å². The van der Waals surface area contributed by atoms with E-state index >= 15 is 0 Å². The van der Waals surface area contributed by atoms with Gasteiger partial charge in [0.1, 0.15) is 11.4 Å². The SMILES string of the molecule is O=C(CC1CNC1)Nc1cccc(F)c1C(=O)O. The van der Waals surface area contributed by atoms with Gasteiger partial charge in [0.15, 0.2) is 0 Å².